The van der Waals surface area contributed by atoms with Crippen molar-refractivity contribution >= 4 is 23.0 Å². The van der Waals surface area contributed by atoms with Crippen molar-refractivity contribution in [2.24, 2.45) is 0 Å². The largest absolute Gasteiger partial charge is 0.378 e. The summed E-state index contributed by atoms with van der Waals surface area (Å²) >= 11 is 6.06. The maximum absolute atomic E-state index is 10.7. The van der Waals surface area contributed by atoms with E-state index in [9.17, 15) is 10.1 Å². The molecule has 1 aromatic heterocycles. The van der Waals surface area contributed by atoms with Crippen LogP contribution in [-0.2, 0) is 6.54 Å². The SMILES string of the molecule is O=[N+]([O-])c1ccc(NCc2ccn(C3CCCC3)n2)c(Cl)c1. The van der Waals surface area contributed by atoms with E-state index >= 15 is 0 Å². The van der Waals surface area contributed by atoms with Gasteiger partial charge in [0.15, 0.2) is 0 Å². The topological polar surface area (TPSA) is 73.0 Å². The average molecular weight is 321 g/mol. The standard InChI is InChI=1S/C15H17ClN4O2/c16-14-9-13(20(21)22)5-6-15(14)17-10-11-7-8-19(18-11)12-3-1-2-4-12/h5-9,12,17H,1-4,10H2. The van der Waals surface area contributed by atoms with Gasteiger partial charge in [-0.05, 0) is 25.0 Å². The summed E-state index contributed by atoms with van der Waals surface area (Å²) in [6.07, 6.45) is 6.96. The highest BCUT2D eigenvalue weighted by atomic mass is 35.5. The Hall–Kier alpha value is -2.08. The summed E-state index contributed by atoms with van der Waals surface area (Å²) < 4.78 is 2.04. The number of anilines is 1. The number of nitrogens with one attached hydrogen (secondary N) is 1. The minimum Gasteiger partial charge on any atom is -0.378 e. The summed E-state index contributed by atoms with van der Waals surface area (Å²) in [6.45, 7) is 0.539. The third-order valence-corrected chi connectivity index (χ3v) is 4.30. The molecule has 116 valence electrons. The summed E-state index contributed by atoms with van der Waals surface area (Å²) in [5.74, 6) is 0. The Kier molecular flexibility index (Phi) is 4.29. The van der Waals surface area contributed by atoms with Gasteiger partial charge in [-0.3, -0.25) is 14.8 Å². The predicted octanol–water partition coefficient (Wildman–Crippen LogP) is 4.17. The van der Waals surface area contributed by atoms with Gasteiger partial charge in [-0.2, -0.15) is 5.10 Å². The molecule has 1 aliphatic carbocycles. The molecular weight excluding hydrogens is 304 g/mol. The Morgan fingerprint density at radius 3 is 2.82 bits per heavy atom. The molecule has 1 fully saturated rings. The van der Waals surface area contributed by atoms with Crippen molar-refractivity contribution in [2.45, 2.75) is 38.3 Å². The van der Waals surface area contributed by atoms with Crippen LogP contribution in [0.5, 0.6) is 0 Å². The van der Waals surface area contributed by atoms with Crippen LogP contribution < -0.4 is 5.32 Å². The number of halogens is 1. The van der Waals surface area contributed by atoms with Gasteiger partial charge in [-0.1, -0.05) is 24.4 Å². The highest BCUT2D eigenvalue weighted by Crippen LogP contribution is 2.29. The molecule has 0 bridgehead atoms. The van der Waals surface area contributed by atoms with Crippen LogP contribution in [0.25, 0.3) is 0 Å². The number of nitro groups is 1. The molecule has 7 heteroatoms. The zero-order valence-corrected chi connectivity index (χ0v) is 12.8. The van der Waals surface area contributed by atoms with Crippen molar-refractivity contribution in [3.8, 4) is 0 Å². The smallest absolute Gasteiger partial charge is 0.271 e. The van der Waals surface area contributed by atoms with Crippen molar-refractivity contribution in [1.29, 1.82) is 0 Å². The van der Waals surface area contributed by atoms with Gasteiger partial charge < -0.3 is 5.32 Å². The van der Waals surface area contributed by atoms with Crippen molar-refractivity contribution < 1.29 is 4.92 Å². The lowest BCUT2D eigenvalue weighted by molar-refractivity contribution is -0.384. The van der Waals surface area contributed by atoms with Crippen LogP contribution in [0, 0.1) is 10.1 Å². The Morgan fingerprint density at radius 1 is 1.36 bits per heavy atom. The predicted molar refractivity (Wildman–Crippen MR) is 85.2 cm³/mol. The normalized spacial score (nSPS) is 15.1. The second kappa shape index (κ2) is 6.36. The number of nitrogens with zero attached hydrogens (tertiary/aromatic N) is 3. The molecule has 0 aliphatic heterocycles. The molecule has 0 unspecified atom stereocenters. The van der Waals surface area contributed by atoms with E-state index in [0.29, 0.717) is 23.3 Å². The highest BCUT2D eigenvalue weighted by molar-refractivity contribution is 6.33. The van der Waals surface area contributed by atoms with E-state index in [1.54, 1.807) is 6.07 Å². The molecule has 1 N–H and O–H groups in total. The number of aromatic nitrogens is 2. The summed E-state index contributed by atoms with van der Waals surface area (Å²) in [6, 6.07) is 6.92. The lowest BCUT2D eigenvalue weighted by Gasteiger charge is -2.09. The molecular formula is C15H17ClN4O2. The van der Waals surface area contributed by atoms with E-state index in [2.05, 4.69) is 10.4 Å². The monoisotopic (exact) mass is 320 g/mol. The summed E-state index contributed by atoms with van der Waals surface area (Å²) in [7, 11) is 0. The van der Waals surface area contributed by atoms with E-state index in [0.717, 1.165) is 5.69 Å². The number of rotatable bonds is 5. The van der Waals surface area contributed by atoms with E-state index in [1.165, 1.54) is 37.8 Å². The summed E-state index contributed by atoms with van der Waals surface area (Å²) in [4.78, 5) is 10.2. The van der Waals surface area contributed by atoms with Crippen LogP contribution >= 0.6 is 11.6 Å². The van der Waals surface area contributed by atoms with Crippen LogP contribution in [0.2, 0.25) is 5.02 Å². The molecule has 1 saturated carbocycles. The molecule has 0 amide bonds. The molecule has 22 heavy (non-hydrogen) atoms. The highest BCUT2D eigenvalue weighted by Gasteiger charge is 2.17. The van der Waals surface area contributed by atoms with E-state index < -0.39 is 4.92 Å². The Labute approximate surface area is 133 Å². The van der Waals surface area contributed by atoms with Crippen molar-refractivity contribution in [3.63, 3.8) is 0 Å². The Bertz CT molecular complexity index is 680. The molecule has 1 aliphatic rings. The first kappa shape index (κ1) is 14.8. The zero-order chi connectivity index (χ0) is 15.5. The quantitative estimate of drug-likeness (QED) is 0.662. The first-order valence-electron chi connectivity index (χ1n) is 7.35. The van der Waals surface area contributed by atoms with Gasteiger partial charge in [-0.25, -0.2) is 0 Å². The van der Waals surface area contributed by atoms with Crippen LogP contribution in [0.15, 0.2) is 30.5 Å². The molecule has 0 radical (unpaired) electrons. The van der Waals surface area contributed by atoms with Crippen molar-refractivity contribution in [3.05, 3.63) is 51.3 Å². The fraction of sp³-hybridized carbons (Fsp3) is 0.400. The van der Waals surface area contributed by atoms with Crippen LogP contribution in [0.4, 0.5) is 11.4 Å². The Morgan fingerprint density at radius 2 is 2.14 bits per heavy atom. The van der Waals surface area contributed by atoms with Gasteiger partial charge >= 0.3 is 0 Å². The molecule has 0 atom stereocenters. The van der Waals surface area contributed by atoms with E-state index in [4.69, 9.17) is 11.6 Å². The Balaban J connectivity index is 1.64. The van der Waals surface area contributed by atoms with Gasteiger partial charge in [0.2, 0.25) is 0 Å². The molecule has 3 rings (SSSR count). The lowest BCUT2D eigenvalue weighted by atomic mass is 10.2. The summed E-state index contributed by atoms with van der Waals surface area (Å²) in [5, 5.41) is 18.8. The maximum atomic E-state index is 10.7. The number of hydrogen-bond acceptors (Lipinski definition) is 4. The van der Waals surface area contributed by atoms with Crippen LogP contribution in [-0.4, -0.2) is 14.7 Å². The minimum atomic E-state index is -0.459. The van der Waals surface area contributed by atoms with Gasteiger partial charge in [0.25, 0.3) is 5.69 Å². The third kappa shape index (κ3) is 3.22. The average Bonchev–Trinajstić information content (AvgIpc) is 3.16. The van der Waals surface area contributed by atoms with Crippen molar-refractivity contribution in [2.75, 3.05) is 5.32 Å². The van der Waals surface area contributed by atoms with Crippen LogP contribution in [0.1, 0.15) is 37.4 Å². The second-order valence-electron chi connectivity index (χ2n) is 5.50. The van der Waals surface area contributed by atoms with Gasteiger partial charge in [0, 0.05) is 18.3 Å². The molecule has 1 heterocycles. The molecule has 2 aromatic rings. The molecule has 6 nitrogen and oxygen atoms in total. The summed E-state index contributed by atoms with van der Waals surface area (Å²) in [5.41, 5.74) is 1.59. The van der Waals surface area contributed by atoms with E-state index in [-0.39, 0.29) is 5.69 Å². The second-order valence-corrected chi connectivity index (χ2v) is 5.91. The number of non-ortho nitro benzene ring substituents is 1. The lowest BCUT2D eigenvalue weighted by Crippen LogP contribution is -2.07. The van der Waals surface area contributed by atoms with Gasteiger partial charge in [0.05, 0.1) is 33.9 Å². The van der Waals surface area contributed by atoms with Crippen molar-refractivity contribution in [1.82, 2.24) is 9.78 Å². The number of benzene rings is 1. The van der Waals surface area contributed by atoms with Gasteiger partial charge in [0.1, 0.15) is 0 Å². The molecule has 0 spiro atoms. The number of hydrogen-bond donors (Lipinski definition) is 1. The maximum Gasteiger partial charge on any atom is 0.271 e. The number of nitro benzene ring substituents is 1. The first-order chi connectivity index (χ1) is 10.6. The third-order valence-electron chi connectivity index (χ3n) is 3.99. The fourth-order valence-electron chi connectivity index (χ4n) is 2.79. The molecule has 0 saturated heterocycles. The van der Waals surface area contributed by atoms with E-state index in [1.807, 2.05) is 16.9 Å². The molecule has 1 aromatic carbocycles. The first-order valence-corrected chi connectivity index (χ1v) is 7.73. The van der Waals surface area contributed by atoms with Crippen LogP contribution in [0.3, 0.4) is 0 Å². The zero-order valence-electron chi connectivity index (χ0n) is 12.0. The van der Waals surface area contributed by atoms with Gasteiger partial charge in [-0.15, -0.1) is 0 Å². The fourth-order valence-corrected chi connectivity index (χ4v) is 3.03. The minimum absolute atomic E-state index is 0.0129.